The molecule has 2 unspecified atom stereocenters. The average Bonchev–Trinajstić information content (AvgIpc) is 2.64. The Hall–Kier alpha value is -0.340. The fourth-order valence-electron chi connectivity index (χ4n) is 1.51. The van der Waals surface area contributed by atoms with Gasteiger partial charge in [-0.3, -0.25) is 0 Å². The van der Waals surface area contributed by atoms with Crippen molar-refractivity contribution in [2.75, 3.05) is 6.54 Å². The molecule has 0 bridgehead atoms. The second kappa shape index (κ2) is 5.13. The Morgan fingerprint density at radius 2 is 2.00 bits per heavy atom. The smallest absolute Gasteiger partial charge is 0.00966 e. The van der Waals surface area contributed by atoms with Gasteiger partial charge in [0.25, 0.3) is 0 Å². The summed E-state index contributed by atoms with van der Waals surface area (Å²) in [5.74, 6) is 1.32. The van der Waals surface area contributed by atoms with Crippen molar-refractivity contribution >= 4 is 11.3 Å². The van der Waals surface area contributed by atoms with Gasteiger partial charge in [-0.05, 0) is 61.5 Å². The van der Waals surface area contributed by atoms with Gasteiger partial charge in [0.1, 0.15) is 0 Å². The van der Waals surface area contributed by atoms with Crippen molar-refractivity contribution in [1.82, 2.24) is 5.32 Å². The van der Waals surface area contributed by atoms with Gasteiger partial charge < -0.3 is 5.32 Å². The van der Waals surface area contributed by atoms with Crippen LogP contribution in [0.25, 0.3) is 0 Å². The van der Waals surface area contributed by atoms with Crippen LogP contribution in [0.3, 0.4) is 0 Å². The van der Waals surface area contributed by atoms with Crippen LogP contribution in [0.2, 0.25) is 0 Å². The van der Waals surface area contributed by atoms with Crippen LogP contribution in [0.1, 0.15) is 46.1 Å². The largest absolute Gasteiger partial charge is 0.312 e. The van der Waals surface area contributed by atoms with Crippen LogP contribution in [0.15, 0.2) is 16.8 Å². The lowest BCUT2D eigenvalue weighted by Crippen LogP contribution is -2.39. The van der Waals surface area contributed by atoms with Crippen LogP contribution in [0.4, 0.5) is 0 Å². The summed E-state index contributed by atoms with van der Waals surface area (Å²) in [6, 6.07) is 2.24. The third-order valence-corrected chi connectivity index (χ3v) is 3.58. The molecular weight excluding hydrogens is 202 g/mol. The first-order chi connectivity index (χ1) is 6.90. The van der Waals surface area contributed by atoms with E-state index in [0.717, 1.165) is 6.54 Å². The molecular formula is C13H23NS. The highest BCUT2D eigenvalue weighted by atomic mass is 32.1. The first-order valence-corrected chi connectivity index (χ1v) is 6.61. The summed E-state index contributed by atoms with van der Waals surface area (Å²) in [7, 11) is 0. The van der Waals surface area contributed by atoms with Crippen LogP contribution in [0.5, 0.6) is 0 Å². The molecule has 1 aromatic heterocycles. The summed E-state index contributed by atoms with van der Waals surface area (Å²) >= 11 is 1.79. The molecule has 0 amide bonds. The molecule has 0 saturated heterocycles. The molecule has 86 valence electrons. The van der Waals surface area contributed by atoms with Gasteiger partial charge in [0.2, 0.25) is 0 Å². The molecule has 0 radical (unpaired) electrons. The highest BCUT2D eigenvalue weighted by molar-refractivity contribution is 7.07. The fourth-order valence-corrected chi connectivity index (χ4v) is 2.27. The maximum atomic E-state index is 3.57. The average molecular weight is 225 g/mol. The Morgan fingerprint density at radius 3 is 2.47 bits per heavy atom. The summed E-state index contributed by atoms with van der Waals surface area (Å²) in [5.41, 5.74) is 1.70. The number of hydrogen-bond donors (Lipinski definition) is 1. The van der Waals surface area contributed by atoms with E-state index in [1.54, 1.807) is 11.3 Å². The van der Waals surface area contributed by atoms with E-state index in [0.29, 0.717) is 11.8 Å². The normalized spacial score (nSPS) is 16.3. The Kier molecular flexibility index (Phi) is 4.35. The maximum absolute atomic E-state index is 3.57. The topological polar surface area (TPSA) is 12.0 Å². The lowest BCUT2D eigenvalue weighted by atomic mass is 9.90. The molecule has 1 aromatic rings. The van der Waals surface area contributed by atoms with Crippen LogP contribution in [-0.2, 0) is 0 Å². The van der Waals surface area contributed by atoms with E-state index in [2.05, 4.69) is 56.8 Å². The standard InChI is InChI=1S/C13H23NS/c1-10(8-14-13(3,4)5)11(2)12-6-7-15-9-12/h6-7,9-11,14H,8H2,1-5H3. The highest BCUT2D eigenvalue weighted by Gasteiger charge is 2.17. The van der Waals surface area contributed by atoms with Gasteiger partial charge in [0, 0.05) is 5.54 Å². The number of rotatable bonds is 4. The zero-order valence-electron chi connectivity index (χ0n) is 10.5. The summed E-state index contributed by atoms with van der Waals surface area (Å²) in [6.45, 7) is 12.4. The van der Waals surface area contributed by atoms with E-state index >= 15 is 0 Å². The van der Waals surface area contributed by atoms with Crippen molar-refractivity contribution in [3.8, 4) is 0 Å². The zero-order valence-corrected chi connectivity index (χ0v) is 11.3. The predicted molar refractivity (Wildman–Crippen MR) is 69.7 cm³/mol. The second-order valence-electron chi connectivity index (χ2n) is 5.45. The predicted octanol–water partition coefficient (Wildman–Crippen LogP) is 3.88. The lowest BCUT2D eigenvalue weighted by molar-refractivity contribution is 0.359. The molecule has 0 aliphatic rings. The number of thiophene rings is 1. The summed E-state index contributed by atoms with van der Waals surface area (Å²) in [6.07, 6.45) is 0. The van der Waals surface area contributed by atoms with Gasteiger partial charge in [-0.2, -0.15) is 11.3 Å². The molecule has 0 fully saturated rings. The minimum absolute atomic E-state index is 0.225. The first-order valence-electron chi connectivity index (χ1n) is 5.67. The Bertz CT molecular complexity index is 271. The second-order valence-corrected chi connectivity index (χ2v) is 6.23. The van der Waals surface area contributed by atoms with Gasteiger partial charge >= 0.3 is 0 Å². The summed E-state index contributed by atoms with van der Waals surface area (Å²) < 4.78 is 0. The molecule has 15 heavy (non-hydrogen) atoms. The van der Waals surface area contributed by atoms with E-state index < -0.39 is 0 Å². The number of nitrogens with one attached hydrogen (secondary N) is 1. The Labute approximate surface area is 97.9 Å². The molecule has 0 spiro atoms. The van der Waals surface area contributed by atoms with E-state index in [1.807, 2.05) is 0 Å². The van der Waals surface area contributed by atoms with Crippen molar-refractivity contribution in [3.63, 3.8) is 0 Å². The van der Waals surface area contributed by atoms with Gasteiger partial charge in [0.05, 0.1) is 0 Å². The SMILES string of the molecule is CC(CNC(C)(C)C)C(C)c1ccsc1. The van der Waals surface area contributed by atoms with E-state index in [-0.39, 0.29) is 5.54 Å². The summed E-state index contributed by atoms with van der Waals surface area (Å²) in [4.78, 5) is 0. The summed E-state index contributed by atoms with van der Waals surface area (Å²) in [5, 5.41) is 7.99. The van der Waals surface area contributed by atoms with Crippen molar-refractivity contribution in [1.29, 1.82) is 0 Å². The van der Waals surface area contributed by atoms with Crippen molar-refractivity contribution < 1.29 is 0 Å². The molecule has 1 heterocycles. The minimum atomic E-state index is 0.225. The van der Waals surface area contributed by atoms with Crippen LogP contribution in [0, 0.1) is 5.92 Å². The van der Waals surface area contributed by atoms with E-state index in [9.17, 15) is 0 Å². The van der Waals surface area contributed by atoms with Crippen LogP contribution >= 0.6 is 11.3 Å². The van der Waals surface area contributed by atoms with Crippen LogP contribution in [-0.4, -0.2) is 12.1 Å². The highest BCUT2D eigenvalue weighted by Crippen LogP contribution is 2.25. The molecule has 0 saturated carbocycles. The quantitative estimate of drug-likeness (QED) is 0.820. The van der Waals surface area contributed by atoms with E-state index in [4.69, 9.17) is 0 Å². The van der Waals surface area contributed by atoms with Crippen molar-refractivity contribution in [2.24, 2.45) is 5.92 Å². The molecule has 1 rings (SSSR count). The Morgan fingerprint density at radius 1 is 1.33 bits per heavy atom. The van der Waals surface area contributed by atoms with Crippen LogP contribution < -0.4 is 5.32 Å². The van der Waals surface area contributed by atoms with Crippen molar-refractivity contribution in [3.05, 3.63) is 22.4 Å². The fraction of sp³-hybridized carbons (Fsp3) is 0.692. The van der Waals surface area contributed by atoms with E-state index in [1.165, 1.54) is 5.56 Å². The molecule has 1 nitrogen and oxygen atoms in total. The molecule has 0 aliphatic carbocycles. The van der Waals surface area contributed by atoms with Gasteiger partial charge in [-0.1, -0.05) is 13.8 Å². The number of hydrogen-bond acceptors (Lipinski definition) is 2. The molecule has 0 aromatic carbocycles. The molecule has 2 atom stereocenters. The maximum Gasteiger partial charge on any atom is 0.00966 e. The lowest BCUT2D eigenvalue weighted by Gasteiger charge is -2.26. The first kappa shape index (κ1) is 12.7. The molecule has 0 aliphatic heterocycles. The van der Waals surface area contributed by atoms with Crippen molar-refractivity contribution in [2.45, 2.75) is 46.1 Å². The van der Waals surface area contributed by atoms with Gasteiger partial charge in [-0.25, -0.2) is 0 Å². The van der Waals surface area contributed by atoms with Gasteiger partial charge in [-0.15, -0.1) is 0 Å². The third kappa shape index (κ3) is 4.35. The minimum Gasteiger partial charge on any atom is -0.312 e. The molecule has 1 N–H and O–H groups in total. The Balaban J connectivity index is 2.44. The van der Waals surface area contributed by atoms with Gasteiger partial charge in [0.15, 0.2) is 0 Å². The molecule has 2 heteroatoms. The third-order valence-electron chi connectivity index (χ3n) is 2.88. The monoisotopic (exact) mass is 225 g/mol. The zero-order chi connectivity index (χ0) is 11.5.